The number of likely N-dealkylation sites (N-methyl/N-ethyl adjacent to an activating group) is 1. The number of hydrogen-bond acceptors (Lipinski definition) is 8. The van der Waals surface area contributed by atoms with Crippen molar-refractivity contribution in [2.75, 3.05) is 47.5 Å². The fourth-order valence-electron chi connectivity index (χ4n) is 9.66. The lowest BCUT2D eigenvalue weighted by atomic mass is 10.0. The summed E-state index contributed by atoms with van der Waals surface area (Å²) in [6, 6.07) is 0. The van der Waals surface area contributed by atoms with Crippen LogP contribution in [-0.2, 0) is 33.3 Å². The van der Waals surface area contributed by atoms with Gasteiger partial charge in [-0.05, 0) is 116 Å². The molecule has 0 N–H and O–H groups in total. The second-order valence-electron chi connectivity index (χ2n) is 24.8. The lowest BCUT2D eigenvalue weighted by molar-refractivity contribution is -0.870. The number of carboxylic acid groups (broad SMARTS) is 1. The Labute approximate surface area is 547 Å². The zero-order valence-corrected chi connectivity index (χ0v) is 57.8. The van der Waals surface area contributed by atoms with Gasteiger partial charge in [0.15, 0.2) is 12.4 Å². The number of aliphatic carboxylic acids is 1. The van der Waals surface area contributed by atoms with E-state index in [9.17, 15) is 19.5 Å². The summed E-state index contributed by atoms with van der Waals surface area (Å²) < 4.78 is 22.8. The van der Waals surface area contributed by atoms with Gasteiger partial charge >= 0.3 is 11.9 Å². The van der Waals surface area contributed by atoms with Crippen molar-refractivity contribution in [3.63, 3.8) is 0 Å². The van der Waals surface area contributed by atoms with Gasteiger partial charge in [0.1, 0.15) is 13.2 Å². The van der Waals surface area contributed by atoms with Gasteiger partial charge in [-0.3, -0.25) is 9.59 Å². The van der Waals surface area contributed by atoms with Crippen LogP contribution in [0.15, 0.2) is 146 Å². The minimum absolute atomic E-state index is 0.141. The van der Waals surface area contributed by atoms with Crippen molar-refractivity contribution >= 4 is 17.9 Å². The van der Waals surface area contributed by atoms with E-state index in [0.29, 0.717) is 17.4 Å². The third kappa shape index (κ3) is 70.5. The molecule has 9 heteroatoms. The van der Waals surface area contributed by atoms with E-state index in [1.807, 2.05) is 21.1 Å². The monoisotopic (exact) mass is 1240 g/mol. The van der Waals surface area contributed by atoms with Gasteiger partial charge in [-0.15, -0.1) is 0 Å². The summed E-state index contributed by atoms with van der Waals surface area (Å²) in [4.78, 5) is 37.5. The number of carbonyl (C=O) groups excluding carboxylic acids is 3. The Bertz CT molecular complexity index is 1970. The van der Waals surface area contributed by atoms with Crippen LogP contribution in [0, 0.1) is 0 Å². The molecule has 0 fully saturated rings. The second kappa shape index (κ2) is 69.1. The van der Waals surface area contributed by atoms with E-state index in [0.717, 1.165) is 128 Å². The highest BCUT2D eigenvalue weighted by Gasteiger charge is 2.22. The van der Waals surface area contributed by atoms with Gasteiger partial charge in [0, 0.05) is 12.8 Å². The van der Waals surface area contributed by atoms with Gasteiger partial charge in [-0.25, -0.2) is 0 Å². The van der Waals surface area contributed by atoms with Gasteiger partial charge in [0.2, 0.25) is 0 Å². The molecule has 0 saturated carbocycles. The molecule has 9 nitrogen and oxygen atoms in total. The van der Waals surface area contributed by atoms with Crippen molar-refractivity contribution in [3.8, 4) is 0 Å². The molecule has 0 aliphatic rings. The fraction of sp³-hybridized carbons (Fsp3) is 0.662. The maximum atomic E-state index is 12.9. The molecule has 0 aliphatic heterocycles. The predicted octanol–water partition coefficient (Wildman–Crippen LogP) is 21.4. The first-order chi connectivity index (χ1) is 43.6. The molecule has 0 aromatic carbocycles. The minimum atomic E-state index is -1.63. The van der Waals surface area contributed by atoms with Gasteiger partial charge in [-0.2, -0.15) is 0 Å². The molecule has 0 aromatic heterocycles. The summed E-state index contributed by atoms with van der Waals surface area (Å²) in [6.45, 7) is 4.52. The highest BCUT2D eigenvalue weighted by atomic mass is 16.7. The number of hydrogen-bond donors (Lipinski definition) is 0. The zero-order chi connectivity index (χ0) is 64.7. The van der Waals surface area contributed by atoms with Crippen LogP contribution in [-0.4, -0.2) is 82.3 Å². The Balaban J connectivity index is 4.10. The van der Waals surface area contributed by atoms with Crippen molar-refractivity contribution < 1.29 is 42.9 Å². The van der Waals surface area contributed by atoms with Gasteiger partial charge in [0.05, 0.1) is 40.3 Å². The van der Waals surface area contributed by atoms with Crippen molar-refractivity contribution in [2.45, 2.75) is 296 Å². The number of esters is 2. The normalized spacial score (nSPS) is 13.6. The number of nitrogens with zero attached hydrogens (tertiary/aromatic N) is 1. The fourth-order valence-corrected chi connectivity index (χ4v) is 9.66. The predicted molar refractivity (Wildman–Crippen MR) is 379 cm³/mol. The molecule has 0 heterocycles. The number of rotatable bonds is 65. The molecule has 0 rings (SSSR count). The van der Waals surface area contributed by atoms with Crippen LogP contribution in [0.1, 0.15) is 284 Å². The van der Waals surface area contributed by atoms with E-state index in [2.05, 4.69) is 160 Å². The molecule has 0 amide bonds. The Kier molecular flexibility index (Phi) is 65.3. The van der Waals surface area contributed by atoms with Crippen LogP contribution in [0.3, 0.4) is 0 Å². The number of carbonyl (C=O) groups is 3. The molecule has 0 bridgehead atoms. The Morgan fingerprint density at radius 3 is 0.899 bits per heavy atom. The first-order valence-corrected chi connectivity index (χ1v) is 36.0. The summed E-state index contributed by atoms with van der Waals surface area (Å²) in [5.74, 6) is -2.29. The molecule has 506 valence electrons. The van der Waals surface area contributed by atoms with Crippen LogP contribution in [0.4, 0.5) is 0 Å². The number of carboxylic acids is 1. The van der Waals surface area contributed by atoms with Crippen LogP contribution >= 0.6 is 0 Å². The smallest absolute Gasteiger partial charge is 0.306 e. The lowest BCUT2D eigenvalue weighted by Crippen LogP contribution is -2.44. The summed E-state index contributed by atoms with van der Waals surface area (Å²) in [7, 11) is 5.93. The van der Waals surface area contributed by atoms with E-state index in [-0.39, 0.29) is 38.6 Å². The van der Waals surface area contributed by atoms with Crippen LogP contribution in [0.2, 0.25) is 0 Å². The Morgan fingerprint density at radius 1 is 0.337 bits per heavy atom. The maximum Gasteiger partial charge on any atom is 0.306 e. The molecular weight excluding hydrogens is 1100 g/mol. The molecule has 2 atom stereocenters. The van der Waals surface area contributed by atoms with E-state index >= 15 is 0 Å². The molecule has 0 radical (unpaired) electrons. The average Bonchev–Trinajstić information content (AvgIpc) is 3.64. The molecule has 0 saturated heterocycles. The molecule has 2 unspecified atom stereocenters. The molecule has 0 aliphatic carbocycles. The second-order valence-corrected chi connectivity index (χ2v) is 24.8. The highest BCUT2D eigenvalue weighted by Crippen LogP contribution is 2.17. The molecule has 0 spiro atoms. The number of quaternary nitrogens is 1. The summed E-state index contributed by atoms with van der Waals surface area (Å²) in [6.07, 6.45) is 97.9. The quantitative estimate of drug-likeness (QED) is 0.0195. The van der Waals surface area contributed by atoms with E-state index < -0.39 is 24.3 Å². The van der Waals surface area contributed by atoms with Gasteiger partial charge in [-0.1, -0.05) is 301 Å². The topological polar surface area (TPSA) is 111 Å². The third-order valence-electron chi connectivity index (χ3n) is 15.1. The van der Waals surface area contributed by atoms with Crippen LogP contribution in [0.25, 0.3) is 0 Å². The number of unbranched alkanes of at least 4 members (excludes halogenated alkanes) is 26. The lowest BCUT2D eigenvalue weighted by Gasteiger charge is -2.26. The maximum absolute atomic E-state index is 12.9. The van der Waals surface area contributed by atoms with Crippen molar-refractivity contribution in [2.24, 2.45) is 0 Å². The number of ether oxygens (including phenoxy) is 4. The SMILES string of the molecule is CC/C=C\C/C=C\C/C=C\C/C=C\C/C=C\C/C=C\C/C=C\CCCCCCCCCCCCCCCCCCCC(=O)OC(COC(=O)CCCCCCCCCCC/C=C\C/C=C\C/C=C\C/C=C\C/C=C\CC)COC(OCC[N+](C)(C)C)C(=O)[O-]. The molecular formula is C80H133NO8. The standard InChI is InChI=1S/C80H133NO8/c1-6-8-10-12-14-16-18-20-22-24-26-28-30-32-33-34-35-36-37-38-39-40-41-42-43-44-45-47-49-51-53-55-57-59-61-63-65-67-69-71-78(83)89-76(75-88-80(79(84)85)86-73-72-81(3,4)5)74-87-77(82)70-68-66-64-62-60-58-56-54-52-50-48-46-31-29-27-25-23-21-19-17-15-13-11-9-7-2/h8-11,14-17,20-23,26-29,32-33,35-36,38-39,46,48,76,80H,6-7,12-13,18-19,24-25,30-31,34,37,40-45,47,49-75H2,1-5H3/b10-8-,11-9-,16-14-,17-15-,22-20-,23-21-,28-26-,29-27-,33-32-,36-35-,39-38-,48-46-. The van der Waals surface area contributed by atoms with Crippen LogP contribution in [0.5, 0.6) is 0 Å². The molecule has 0 aromatic rings. The first kappa shape index (κ1) is 84.2. The minimum Gasteiger partial charge on any atom is -0.545 e. The number of allylic oxidation sites excluding steroid dienone is 24. The van der Waals surface area contributed by atoms with Gasteiger partial charge < -0.3 is 33.3 Å². The van der Waals surface area contributed by atoms with E-state index in [1.54, 1.807) is 0 Å². The highest BCUT2D eigenvalue weighted by molar-refractivity contribution is 5.70. The summed E-state index contributed by atoms with van der Waals surface area (Å²) in [5.41, 5.74) is 0. The Morgan fingerprint density at radius 2 is 0.607 bits per heavy atom. The Hall–Kier alpha value is -4.83. The van der Waals surface area contributed by atoms with Gasteiger partial charge in [0.25, 0.3) is 0 Å². The van der Waals surface area contributed by atoms with E-state index in [4.69, 9.17) is 18.9 Å². The van der Waals surface area contributed by atoms with E-state index in [1.165, 1.54) is 122 Å². The van der Waals surface area contributed by atoms with Crippen molar-refractivity contribution in [1.29, 1.82) is 0 Å². The van der Waals surface area contributed by atoms with Crippen LogP contribution < -0.4 is 5.11 Å². The summed E-state index contributed by atoms with van der Waals surface area (Å²) in [5, 5.41) is 11.8. The largest absolute Gasteiger partial charge is 0.545 e. The summed E-state index contributed by atoms with van der Waals surface area (Å²) >= 11 is 0. The average molecular weight is 1240 g/mol. The van der Waals surface area contributed by atoms with Crippen molar-refractivity contribution in [1.82, 2.24) is 0 Å². The zero-order valence-electron chi connectivity index (χ0n) is 57.8. The third-order valence-corrected chi connectivity index (χ3v) is 15.1. The van der Waals surface area contributed by atoms with Crippen molar-refractivity contribution in [3.05, 3.63) is 146 Å². The molecule has 89 heavy (non-hydrogen) atoms. The first-order valence-electron chi connectivity index (χ1n) is 36.0.